The number of amides is 1. The van der Waals surface area contributed by atoms with E-state index in [1.807, 2.05) is 68.4 Å². The summed E-state index contributed by atoms with van der Waals surface area (Å²) < 4.78 is 2.05. The molecule has 0 bridgehead atoms. The molecular weight excluding hydrogens is 336 g/mol. The molecule has 1 aromatic carbocycles. The summed E-state index contributed by atoms with van der Waals surface area (Å²) >= 11 is 0. The Labute approximate surface area is 158 Å². The van der Waals surface area contributed by atoms with Crippen molar-refractivity contribution in [1.29, 1.82) is 5.26 Å². The molecule has 27 heavy (non-hydrogen) atoms. The largest absolute Gasteiger partial charge is 0.347 e. The molecule has 0 saturated carbocycles. The number of nitrogens with one attached hydrogen (secondary N) is 1. The van der Waals surface area contributed by atoms with Crippen LogP contribution in [0, 0.1) is 25.2 Å². The number of aryl methyl sites for hydroxylation is 1. The zero-order valence-electron chi connectivity index (χ0n) is 15.3. The Hall–Kier alpha value is -3.65. The van der Waals surface area contributed by atoms with Crippen molar-refractivity contribution in [1.82, 2.24) is 14.9 Å². The molecule has 0 atom stereocenters. The molecule has 0 aliphatic rings. The van der Waals surface area contributed by atoms with Crippen LogP contribution in [0.4, 0.5) is 0 Å². The molecule has 2 heterocycles. The maximum atomic E-state index is 12.4. The molecule has 134 valence electrons. The Morgan fingerprint density at radius 2 is 2.00 bits per heavy atom. The van der Waals surface area contributed by atoms with Gasteiger partial charge in [-0.15, -0.1) is 0 Å². The summed E-state index contributed by atoms with van der Waals surface area (Å²) in [6, 6.07) is 17.4. The predicted molar refractivity (Wildman–Crippen MR) is 105 cm³/mol. The third kappa shape index (κ3) is 4.13. The number of nitrogens with zero attached hydrogens (tertiary/aromatic N) is 3. The first kappa shape index (κ1) is 18.2. The molecule has 0 radical (unpaired) electrons. The van der Waals surface area contributed by atoms with Gasteiger partial charge in [0.15, 0.2) is 0 Å². The predicted octanol–water partition coefficient (Wildman–Crippen LogP) is 3.71. The maximum absolute atomic E-state index is 12.4. The molecule has 1 N–H and O–H groups in total. The highest BCUT2D eigenvalue weighted by Crippen LogP contribution is 2.22. The number of nitriles is 1. The average molecular weight is 356 g/mol. The first-order valence-electron chi connectivity index (χ1n) is 8.63. The first-order chi connectivity index (χ1) is 13.1. The van der Waals surface area contributed by atoms with Gasteiger partial charge in [-0.25, -0.2) is 0 Å². The Balaban J connectivity index is 1.84. The second-order valence-corrected chi connectivity index (χ2v) is 6.21. The highest BCUT2D eigenvalue weighted by Gasteiger charge is 2.13. The number of carbonyl (C=O) groups is 1. The van der Waals surface area contributed by atoms with Gasteiger partial charge in [-0.3, -0.25) is 9.78 Å². The van der Waals surface area contributed by atoms with E-state index >= 15 is 0 Å². The van der Waals surface area contributed by atoms with Crippen LogP contribution in [0.15, 0.2) is 66.5 Å². The summed E-state index contributed by atoms with van der Waals surface area (Å²) in [5.41, 5.74) is 4.80. The Kier molecular flexibility index (Phi) is 5.48. The van der Waals surface area contributed by atoms with Crippen molar-refractivity contribution in [3.05, 3.63) is 89.0 Å². The van der Waals surface area contributed by atoms with Gasteiger partial charge >= 0.3 is 0 Å². The van der Waals surface area contributed by atoms with Crippen LogP contribution in [0.2, 0.25) is 0 Å². The van der Waals surface area contributed by atoms with E-state index in [4.69, 9.17) is 0 Å². The third-order valence-corrected chi connectivity index (χ3v) is 4.34. The average Bonchev–Trinajstić information content (AvgIpc) is 2.98. The lowest BCUT2D eigenvalue weighted by Crippen LogP contribution is -2.23. The number of aromatic nitrogens is 2. The molecule has 0 fully saturated rings. The molecule has 2 aromatic heterocycles. The van der Waals surface area contributed by atoms with Crippen LogP contribution in [0.1, 0.15) is 22.5 Å². The van der Waals surface area contributed by atoms with Crippen LogP contribution in [-0.2, 0) is 11.3 Å². The van der Waals surface area contributed by atoms with Crippen molar-refractivity contribution in [3.8, 4) is 11.8 Å². The Morgan fingerprint density at radius 1 is 1.22 bits per heavy atom. The van der Waals surface area contributed by atoms with Crippen molar-refractivity contribution in [2.45, 2.75) is 20.4 Å². The summed E-state index contributed by atoms with van der Waals surface area (Å²) in [4.78, 5) is 16.6. The number of hydrogen-bond acceptors (Lipinski definition) is 3. The quantitative estimate of drug-likeness (QED) is 0.559. The number of hydrogen-bond donors (Lipinski definition) is 1. The smallest absolute Gasteiger partial charge is 0.262 e. The zero-order chi connectivity index (χ0) is 19.2. The number of carbonyl (C=O) groups excluding carboxylic acids is 1. The molecule has 3 aromatic rings. The van der Waals surface area contributed by atoms with Gasteiger partial charge in [-0.1, -0.05) is 30.3 Å². The van der Waals surface area contributed by atoms with Gasteiger partial charge in [0.1, 0.15) is 11.6 Å². The SMILES string of the molecule is Cc1cc(/C=C(\C#N)C(=O)NCc2ccccc2)c(C)n1-c1cccnc1. The summed E-state index contributed by atoms with van der Waals surface area (Å²) in [5, 5.41) is 12.2. The van der Waals surface area contributed by atoms with E-state index < -0.39 is 0 Å². The molecule has 0 unspecified atom stereocenters. The topological polar surface area (TPSA) is 70.7 Å². The highest BCUT2D eigenvalue weighted by molar-refractivity contribution is 6.01. The van der Waals surface area contributed by atoms with Crippen molar-refractivity contribution >= 4 is 12.0 Å². The fraction of sp³-hybridized carbons (Fsp3) is 0.136. The van der Waals surface area contributed by atoms with Crippen molar-refractivity contribution < 1.29 is 4.79 Å². The van der Waals surface area contributed by atoms with Gasteiger partial charge in [0.05, 0.1) is 11.9 Å². The fourth-order valence-electron chi connectivity index (χ4n) is 2.99. The fourth-order valence-corrected chi connectivity index (χ4v) is 2.99. The standard InChI is InChI=1S/C22H20N4O/c1-16-11-19(17(2)26(16)21-9-6-10-24-15-21)12-20(13-23)22(27)25-14-18-7-4-3-5-8-18/h3-12,15H,14H2,1-2H3,(H,25,27)/b20-12+. The second-order valence-electron chi connectivity index (χ2n) is 6.21. The number of pyridine rings is 1. The lowest BCUT2D eigenvalue weighted by atomic mass is 10.1. The molecule has 1 amide bonds. The molecule has 0 spiro atoms. The second kappa shape index (κ2) is 8.15. The summed E-state index contributed by atoms with van der Waals surface area (Å²) in [6.07, 6.45) is 5.14. The van der Waals surface area contributed by atoms with Crippen molar-refractivity contribution in [2.75, 3.05) is 0 Å². The van der Waals surface area contributed by atoms with E-state index in [0.29, 0.717) is 6.54 Å². The molecule has 5 heteroatoms. The van der Waals surface area contributed by atoms with Crippen LogP contribution < -0.4 is 5.32 Å². The normalized spacial score (nSPS) is 11.1. The maximum Gasteiger partial charge on any atom is 0.262 e. The lowest BCUT2D eigenvalue weighted by molar-refractivity contribution is -0.117. The molecule has 5 nitrogen and oxygen atoms in total. The van der Waals surface area contributed by atoms with Crippen LogP contribution in [0.3, 0.4) is 0 Å². The highest BCUT2D eigenvalue weighted by atomic mass is 16.1. The molecule has 0 saturated heterocycles. The van der Waals surface area contributed by atoms with E-state index in [9.17, 15) is 10.1 Å². The minimum Gasteiger partial charge on any atom is -0.347 e. The van der Waals surface area contributed by atoms with Crippen molar-refractivity contribution in [2.24, 2.45) is 0 Å². The van der Waals surface area contributed by atoms with Crippen LogP contribution >= 0.6 is 0 Å². The van der Waals surface area contributed by atoms with E-state index in [1.54, 1.807) is 18.5 Å². The first-order valence-corrected chi connectivity index (χ1v) is 8.63. The molecular formula is C22H20N4O. The van der Waals surface area contributed by atoms with Crippen LogP contribution in [0.25, 0.3) is 11.8 Å². The summed E-state index contributed by atoms with van der Waals surface area (Å²) in [6.45, 7) is 4.33. The van der Waals surface area contributed by atoms with Gasteiger partial charge in [-0.2, -0.15) is 5.26 Å². The lowest BCUT2D eigenvalue weighted by Gasteiger charge is -2.08. The monoisotopic (exact) mass is 356 g/mol. The summed E-state index contributed by atoms with van der Waals surface area (Å²) in [5.74, 6) is -0.382. The number of rotatable bonds is 5. The van der Waals surface area contributed by atoms with E-state index in [0.717, 1.165) is 28.2 Å². The summed E-state index contributed by atoms with van der Waals surface area (Å²) in [7, 11) is 0. The Morgan fingerprint density at radius 3 is 2.67 bits per heavy atom. The van der Waals surface area contributed by atoms with Gasteiger partial charge in [0.25, 0.3) is 5.91 Å². The molecule has 0 aliphatic carbocycles. The molecule has 3 rings (SSSR count). The van der Waals surface area contributed by atoms with Gasteiger partial charge in [-0.05, 0) is 49.2 Å². The van der Waals surface area contributed by atoms with Gasteiger partial charge in [0.2, 0.25) is 0 Å². The zero-order valence-corrected chi connectivity index (χ0v) is 15.3. The third-order valence-electron chi connectivity index (χ3n) is 4.34. The Bertz CT molecular complexity index is 1010. The van der Waals surface area contributed by atoms with Gasteiger partial charge < -0.3 is 9.88 Å². The van der Waals surface area contributed by atoms with E-state index in [2.05, 4.69) is 14.9 Å². The van der Waals surface area contributed by atoms with Crippen LogP contribution in [0.5, 0.6) is 0 Å². The van der Waals surface area contributed by atoms with Crippen molar-refractivity contribution in [3.63, 3.8) is 0 Å². The van der Waals surface area contributed by atoms with Crippen LogP contribution in [-0.4, -0.2) is 15.5 Å². The minimum absolute atomic E-state index is 0.0809. The molecule has 0 aliphatic heterocycles. The van der Waals surface area contributed by atoms with E-state index in [-0.39, 0.29) is 11.5 Å². The minimum atomic E-state index is -0.382. The number of benzene rings is 1. The van der Waals surface area contributed by atoms with Gasteiger partial charge in [0, 0.05) is 24.1 Å². The van der Waals surface area contributed by atoms with E-state index in [1.165, 1.54) is 0 Å².